The van der Waals surface area contributed by atoms with Gasteiger partial charge in [0.15, 0.2) is 5.65 Å². The predicted molar refractivity (Wildman–Crippen MR) is 111 cm³/mol. The van der Waals surface area contributed by atoms with Crippen LogP contribution in [0.15, 0.2) is 54.7 Å². The van der Waals surface area contributed by atoms with Crippen LogP contribution >= 0.6 is 0 Å². The third-order valence-electron chi connectivity index (χ3n) is 4.99. The molecule has 0 saturated carbocycles. The lowest BCUT2D eigenvalue weighted by Crippen LogP contribution is -2.01. The van der Waals surface area contributed by atoms with Gasteiger partial charge in [0.2, 0.25) is 0 Å². The SMILES string of the molecule is CCn1c(-c2ccccc2-c2ccc(C)cc2C)nc2cc(C(=O)O)cnc21. The summed E-state index contributed by atoms with van der Waals surface area (Å²) in [7, 11) is 0. The van der Waals surface area contributed by atoms with E-state index >= 15 is 0 Å². The topological polar surface area (TPSA) is 68.0 Å². The first-order valence-corrected chi connectivity index (χ1v) is 9.26. The van der Waals surface area contributed by atoms with Crippen LogP contribution < -0.4 is 0 Å². The van der Waals surface area contributed by atoms with Crippen LogP contribution in [0.1, 0.15) is 28.4 Å². The normalized spacial score (nSPS) is 11.1. The van der Waals surface area contributed by atoms with Crippen molar-refractivity contribution in [3.05, 3.63) is 71.4 Å². The zero-order valence-corrected chi connectivity index (χ0v) is 16.1. The highest BCUT2D eigenvalue weighted by Gasteiger charge is 2.18. The highest BCUT2D eigenvalue weighted by atomic mass is 16.4. The van der Waals surface area contributed by atoms with Gasteiger partial charge in [0, 0.05) is 18.3 Å². The third kappa shape index (κ3) is 2.95. The van der Waals surface area contributed by atoms with Crippen molar-refractivity contribution in [2.45, 2.75) is 27.3 Å². The maximum atomic E-state index is 11.3. The number of imidazole rings is 1. The van der Waals surface area contributed by atoms with Crippen molar-refractivity contribution in [2.24, 2.45) is 0 Å². The van der Waals surface area contributed by atoms with E-state index in [1.165, 1.54) is 17.3 Å². The van der Waals surface area contributed by atoms with Gasteiger partial charge >= 0.3 is 5.97 Å². The second kappa shape index (κ2) is 6.93. The van der Waals surface area contributed by atoms with Gasteiger partial charge < -0.3 is 9.67 Å². The van der Waals surface area contributed by atoms with Crippen LogP contribution in [0.2, 0.25) is 0 Å². The summed E-state index contributed by atoms with van der Waals surface area (Å²) in [6.45, 7) is 6.93. The zero-order chi connectivity index (χ0) is 19.8. The van der Waals surface area contributed by atoms with Crippen LogP contribution in [0.5, 0.6) is 0 Å². The second-order valence-corrected chi connectivity index (χ2v) is 6.92. The molecule has 0 aliphatic heterocycles. The van der Waals surface area contributed by atoms with E-state index in [1.54, 1.807) is 6.07 Å². The number of carbonyl (C=O) groups is 1. The lowest BCUT2D eigenvalue weighted by molar-refractivity contribution is 0.0696. The monoisotopic (exact) mass is 371 g/mol. The third-order valence-corrected chi connectivity index (χ3v) is 4.99. The number of aryl methyl sites for hydroxylation is 3. The molecule has 4 aromatic rings. The van der Waals surface area contributed by atoms with Gasteiger partial charge in [0.1, 0.15) is 11.3 Å². The highest BCUT2D eigenvalue weighted by Crippen LogP contribution is 2.35. The first kappa shape index (κ1) is 17.9. The minimum absolute atomic E-state index is 0.141. The van der Waals surface area contributed by atoms with Crippen LogP contribution in [0.25, 0.3) is 33.7 Å². The summed E-state index contributed by atoms with van der Waals surface area (Å²) < 4.78 is 2.03. The Hall–Kier alpha value is -3.47. The van der Waals surface area contributed by atoms with Gasteiger partial charge in [-0.25, -0.2) is 14.8 Å². The Morgan fingerprint density at radius 2 is 1.79 bits per heavy atom. The van der Waals surface area contributed by atoms with Crippen LogP contribution in [0.4, 0.5) is 0 Å². The zero-order valence-electron chi connectivity index (χ0n) is 16.1. The summed E-state index contributed by atoms with van der Waals surface area (Å²) >= 11 is 0. The number of aromatic carboxylic acids is 1. The van der Waals surface area contributed by atoms with Gasteiger partial charge in [-0.05, 0) is 43.5 Å². The van der Waals surface area contributed by atoms with E-state index < -0.39 is 5.97 Å². The fourth-order valence-corrected chi connectivity index (χ4v) is 3.66. The first-order valence-electron chi connectivity index (χ1n) is 9.26. The number of carboxylic acids is 1. The molecule has 4 rings (SSSR count). The molecule has 0 radical (unpaired) electrons. The summed E-state index contributed by atoms with van der Waals surface area (Å²) in [5.74, 6) is -0.208. The molecule has 0 saturated heterocycles. The molecule has 0 bridgehead atoms. The molecule has 5 heteroatoms. The number of pyridine rings is 1. The van der Waals surface area contributed by atoms with Crippen molar-refractivity contribution in [3.8, 4) is 22.5 Å². The van der Waals surface area contributed by atoms with E-state index in [2.05, 4.69) is 49.2 Å². The molecule has 0 aliphatic carbocycles. The number of hydrogen-bond acceptors (Lipinski definition) is 3. The van der Waals surface area contributed by atoms with Gasteiger partial charge in [-0.2, -0.15) is 0 Å². The standard InChI is InChI=1S/C23H21N3O2/c1-4-26-21(25-20-12-16(23(27)28)13-24-22(20)26)19-8-6-5-7-18(19)17-10-9-14(2)11-15(17)3/h5-13H,4H2,1-3H3,(H,27,28). The van der Waals surface area contributed by atoms with Crippen molar-refractivity contribution >= 4 is 17.1 Å². The lowest BCUT2D eigenvalue weighted by Gasteiger charge is -2.13. The smallest absolute Gasteiger partial charge is 0.337 e. The summed E-state index contributed by atoms with van der Waals surface area (Å²) in [6, 6.07) is 16.2. The Kier molecular flexibility index (Phi) is 4.43. The number of rotatable bonds is 4. The largest absolute Gasteiger partial charge is 0.478 e. The summed E-state index contributed by atoms with van der Waals surface area (Å²) in [5, 5.41) is 9.27. The van der Waals surface area contributed by atoms with E-state index in [-0.39, 0.29) is 5.56 Å². The molecule has 0 unspecified atom stereocenters. The average Bonchev–Trinajstić information content (AvgIpc) is 3.05. The number of aromatic nitrogens is 3. The Bertz CT molecular complexity index is 1210. The van der Waals surface area contributed by atoms with Gasteiger partial charge in [-0.3, -0.25) is 0 Å². The van der Waals surface area contributed by atoms with Crippen molar-refractivity contribution in [1.82, 2.24) is 14.5 Å². The Morgan fingerprint density at radius 3 is 2.46 bits per heavy atom. The molecule has 28 heavy (non-hydrogen) atoms. The molecule has 2 aromatic carbocycles. The molecule has 0 spiro atoms. The lowest BCUT2D eigenvalue weighted by atomic mass is 9.94. The molecule has 2 aromatic heterocycles. The highest BCUT2D eigenvalue weighted by molar-refractivity contribution is 5.92. The summed E-state index contributed by atoms with van der Waals surface area (Å²) in [5.41, 5.74) is 7.13. The van der Waals surface area contributed by atoms with E-state index in [0.29, 0.717) is 17.7 Å². The summed E-state index contributed by atoms with van der Waals surface area (Å²) in [6.07, 6.45) is 1.39. The molecular weight excluding hydrogens is 350 g/mol. The second-order valence-electron chi connectivity index (χ2n) is 6.92. The Labute approximate surface area is 163 Å². The van der Waals surface area contributed by atoms with Gasteiger partial charge in [0.25, 0.3) is 0 Å². The minimum atomic E-state index is -1.00. The van der Waals surface area contributed by atoms with Crippen LogP contribution in [0.3, 0.4) is 0 Å². The van der Waals surface area contributed by atoms with Gasteiger partial charge in [-0.1, -0.05) is 48.0 Å². The van der Waals surface area contributed by atoms with E-state index in [4.69, 9.17) is 4.98 Å². The number of carboxylic acid groups (broad SMARTS) is 1. The van der Waals surface area contributed by atoms with Crippen molar-refractivity contribution in [3.63, 3.8) is 0 Å². The predicted octanol–water partition coefficient (Wildman–Crippen LogP) is 5.10. The molecule has 5 nitrogen and oxygen atoms in total. The molecule has 0 aliphatic rings. The first-order chi connectivity index (χ1) is 13.5. The van der Waals surface area contributed by atoms with Gasteiger partial charge in [0.05, 0.1) is 5.56 Å². The van der Waals surface area contributed by atoms with E-state index in [9.17, 15) is 9.90 Å². The molecule has 140 valence electrons. The number of nitrogens with zero attached hydrogens (tertiary/aromatic N) is 3. The fraction of sp³-hybridized carbons (Fsp3) is 0.174. The number of hydrogen-bond donors (Lipinski definition) is 1. The molecule has 2 heterocycles. The molecule has 0 amide bonds. The molecule has 0 fully saturated rings. The minimum Gasteiger partial charge on any atom is -0.478 e. The summed E-state index contributed by atoms with van der Waals surface area (Å²) in [4.78, 5) is 20.4. The number of fused-ring (bicyclic) bond motifs is 1. The van der Waals surface area contributed by atoms with E-state index in [0.717, 1.165) is 22.5 Å². The van der Waals surface area contributed by atoms with Crippen molar-refractivity contribution in [1.29, 1.82) is 0 Å². The maximum absolute atomic E-state index is 11.3. The maximum Gasteiger partial charge on any atom is 0.337 e. The molecular formula is C23H21N3O2. The molecule has 0 atom stereocenters. The Morgan fingerprint density at radius 1 is 1.04 bits per heavy atom. The van der Waals surface area contributed by atoms with Crippen molar-refractivity contribution < 1.29 is 9.90 Å². The quantitative estimate of drug-likeness (QED) is 0.542. The fourth-order valence-electron chi connectivity index (χ4n) is 3.66. The van der Waals surface area contributed by atoms with Crippen LogP contribution in [-0.4, -0.2) is 25.6 Å². The van der Waals surface area contributed by atoms with E-state index in [1.807, 2.05) is 23.6 Å². The van der Waals surface area contributed by atoms with Crippen molar-refractivity contribution in [2.75, 3.05) is 0 Å². The van der Waals surface area contributed by atoms with Crippen LogP contribution in [0, 0.1) is 13.8 Å². The average molecular weight is 371 g/mol. The van der Waals surface area contributed by atoms with Crippen LogP contribution in [-0.2, 0) is 6.54 Å². The van der Waals surface area contributed by atoms with Gasteiger partial charge in [-0.15, -0.1) is 0 Å². The molecule has 1 N–H and O–H groups in total. The Balaban J connectivity index is 1.97. The number of benzene rings is 2.